The number of halogens is 1. The van der Waals surface area contributed by atoms with Crippen LogP contribution in [0.15, 0.2) is 103 Å². The highest BCUT2D eigenvalue weighted by atomic mass is 19.1. The molecule has 1 aliphatic heterocycles. The van der Waals surface area contributed by atoms with E-state index in [4.69, 9.17) is 0 Å². The number of carbonyl (C=O) groups is 3. The maximum Gasteiger partial charge on any atom is 0.255 e. The van der Waals surface area contributed by atoms with Crippen LogP contribution in [0, 0.1) is 5.82 Å². The number of hydrogen-bond acceptors (Lipinski definition) is 4. The third kappa shape index (κ3) is 7.27. The molecule has 0 aliphatic carbocycles. The lowest BCUT2D eigenvalue weighted by Crippen LogP contribution is -2.50. The molecule has 0 aromatic heterocycles. The number of rotatable bonds is 9. The number of piperazine rings is 1. The van der Waals surface area contributed by atoms with Crippen LogP contribution in [0.1, 0.15) is 51.1 Å². The largest absolute Gasteiger partial charge is 0.367 e. The normalized spacial score (nSPS) is 13.7. The molecule has 0 saturated carbocycles. The lowest BCUT2D eigenvalue weighted by molar-refractivity contribution is -0.133. The van der Waals surface area contributed by atoms with E-state index in [0.717, 1.165) is 23.2 Å². The molecular formula is C35H35FN4O3. The first-order valence-corrected chi connectivity index (χ1v) is 14.5. The third-order valence-electron chi connectivity index (χ3n) is 7.74. The van der Waals surface area contributed by atoms with Gasteiger partial charge in [-0.2, -0.15) is 0 Å². The van der Waals surface area contributed by atoms with Crippen LogP contribution in [-0.2, 0) is 11.3 Å². The van der Waals surface area contributed by atoms with Crippen molar-refractivity contribution in [3.8, 4) is 0 Å². The van der Waals surface area contributed by atoms with Gasteiger partial charge in [0.1, 0.15) is 5.82 Å². The van der Waals surface area contributed by atoms with E-state index in [9.17, 15) is 18.8 Å². The van der Waals surface area contributed by atoms with Crippen molar-refractivity contribution in [3.63, 3.8) is 0 Å². The minimum Gasteiger partial charge on any atom is -0.367 e. The highest BCUT2D eigenvalue weighted by molar-refractivity contribution is 6.06. The summed E-state index contributed by atoms with van der Waals surface area (Å²) in [5, 5.41) is 5.82. The minimum atomic E-state index is -0.342. The molecule has 0 radical (unpaired) electrons. The monoisotopic (exact) mass is 578 g/mol. The molecule has 1 aliphatic rings. The predicted molar refractivity (Wildman–Crippen MR) is 167 cm³/mol. The minimum absolute atomic E-state index is 0.115. The first kappa shape index (κ1) is 29.5. The Morgan fingerprint density at radius 3 is 2.09 bits per heavy atom. The average molecular weight is 579 g/mol. The van der Waals surface area contributed by atoms with Crippen LogP contribution in [-0.4, -0.2) is 48.8 Å². The lowest BCUT2D eigenvalue weighted by Gasteiger charge is -2.38. The fourth-order valence-corrected chi connectivity index (χ4v) is 5.37. The first-order chi connectivity index (χ1) is 20.9. The molecule has 4 aromatic rings. The number of amides is 3. The molecule has 0 unspecified atom stereocenters. The van der Waals surface area contributed by atoms with E-state index in [1.807, 2.05) is 54.3 Å². The van der Waals surface area contributed by atoms with Crippen LogP contribution in [0.2, 0.25) is 0 Å². The summed E-state index contributed by atoms with van der Waals surface area (Å²) in [6.45, 7) is 4.44. The van der Waals surface area contributed by atoms with Crippen molar-refractivity contribution in [3.05, 3.63) is 131 Å². The zero-order valence-corrected chi connectivity index (χ0v) is 24.1. The second kappa shape index (κ2) is 13.8. The van der Waals surface area contributed by atoms with Gasteiger partial charge in [0, 0.05) is 49.7 Å². The van der Waals surface area contributed by atoms with Crippen molar-refractivity contribution >= 4 is 29.1 Å². The number of nitrogens with one attached hydrogen (secondary N) is 2. The van der Waals surface area contributed by atoms with Gasteiger partial charge >= 0.3 is 0 Å². The molecule has 43 heavy (non-hydrogen) atoms. The first-order valence-electron chi connectivity index (χ1n) is 14.5. The van der Waals surface area contributed by atoms with E-state index in [2.05, 4.69) is 15.5 Å². The fraction of sp³-hybridized carbons (Fsp3) is 0.229. The fourth-order valence-electron chi connectivity index (χ4n) is 5.37. The summed E-state index contributed by atoms with van der Waals surface area (Å²) in [5.41, 5.74) is 3.91. The quantitative estimate of drug-likeness (QED) is 0.261. The SMILES string of the molecule is CC[C@@H](C(=O)N1CCN(c2ccc(NC(=O)c3ccccc3)cc2C(=O)NCc2ccc(F)cc2)CC1)c1ccccc1. The molecule has 0 bridgehead atoms. The van der Waals surface area contributed by atoms with E-state index in [1.54, 1.807) is 48.5 Å². The average Bonchev–Trinajstić information content (AvgIpc) is 3.05. The van der Waals surface area contributed by atoms with E-state index in [-0.39, 0.29) is 36.0 Å². The van der Waals surface area contributed by atoms with Gasteiger partial charge in [-0.25, -0.2) is 4.39 Å². The Hall–Kier alpha value is -4.98. The van der Waals surface area contributed by atoms with Crippen molar-refractivity contribution in [2.75, 3.05) is 36.4 Å². The maximum absolute atomic E-state index is 13.5. The summed E-state index contributed by atoms with van der Waals surface area (Å²) < 4.78 is 13.4. The van der Waals surface area contributed by atoms with E-state index in [1.165, 1.54) is 12.1 Å². The van der Waals surface area contributed by atoms with Gasteiger partial charge in [-0.15, -0.1) is 0 Å². The smallest absolute Gasteiger partial charge is 0.255 e. The van der Waals surface area contributed by atoms with Gasteiger partial charge in [-0.3, -0.25) is 14.4 Å². The maximum atomic E-state index is 13.5. The summed E-state index contributed by atoms with van der Waals surface area (Å²) >= 11 is 0. The molecule has 3 amide bonds. The molecule has 1 atom stereocenters. The van der Waals surface area contributed by atoms with Crippen LogP contribution in [0.4, 0.5) is 15.8 Å². The van der Waals surface area contributed by atoms with Gasteiger partial charge in [0.15, 0.2) is 0 Å². The Morgan fingerprint density at radius 1 is 0.791 bits per heavy atom. The third-order valence-corrected chi connectivity index (χ3v) is 7.74. The highest BCUT2D eigenvalue weighted by Gasteiger charge is 2.29. The lowest BCUT2D eigenvalue weighted by atomic mass is 9.94. The van der Waals surface area contributed by atoms with E-state index >= 15 is 0 Å². The van der Waals surface area contributed by atoms with Crippen LogP contribution in [0.5, 0.6) is 0 Å². The Balaban J connectivity index is 1.33. The van der Waals surface area contributed by atoms with Crippen molar-refractivity contribution in [2.45, 2.75) is 25.8 Å². The number of nitrogens with zero attached hydrogens (tertiary/aromatic N) is 2. The number of carbonyl (C=O) groups excluding carboxylic acids is 3. The Morgan fingerprint density at radius 2 is 1.44 bits per heavy atom. The van der Waals surface area contributed by atoms with Crippen LogP contribution < -0.4 is 15.5 Å². The van der Waals surface area contributed by atoms with Crippen molar-refractivity contribution in [1.29, 1.82) is 0 Å². The second-order valence-electron chi connectivity index (χ2n) is 10.5. The van der Waals surface area contributed by atoms with Crippen molar-refractivity contribution in [1.82, 2.24) is 10.2 Å². The standard InChI is InChI=1S/C35H35FN4O3/c1-2-30(26-9-5-3-6-10-26)35(43)40-21-19-39(20-22-40)32-18-17-29(38-33(41)27-11-7-4-8-12-27)23-31(32)34(42)37-24-25-13-15-28(36)16-14-25/h3-18,23,30H,2,19-22,24H2,1H3,(H,37,42)(H,38,41)/t30-/m1/s1. The Labute approximate surface area is 251 Å². The summed E-state index contributed by atoms with van der Waals surface area (Å²) in [6.07, 6.45) is 0.720. The van der Waals surface area contributed by atoms with E-state index < -0.39 is 0 Å². The van der Waals surface area contributed by atoms with Crippen LogP contribution >= 0.6 is 0 Å². The second-order valence-corrected chi connectivity index (χ2v) is 10.5. The predicted octanol–water partition coefficient (Wildman–Crippen LogP) is 5.85. The van der Waals surface area contributed by atoms with Crippen LogP contribution in [0.3, 0.4) is 0 Å². The molecule has 0 spiro atoms. The number of hydrogen-bond donors (Lipinski definition) is 2. The highest BCUT2D eigenvalue weighted by Crippen LogP contribution is 2.28. The summed E-state index contributed by atoms with van der Waals surface area (Å²) in [5.74, 6) is -1.01. The molecular weight excluding hydrogens is 543 g/mol. The summed E-state index contributed by atoms with van der Waals surface area (Å²) in [4.78, 5) is 43.8. The van der Waals surface area contributed by atoms with Gasteiger partial charge < -0.3 is 20.4 Å². The van der Waals surface area contributed by atoms with Gasteiger partial charge in [-0.05, 0) is 60.0 Å². The molecule has 1 heterocycles. The van der Waals surface area contributed by atoms with Gasteiger partial charge in [0.25, 0.3) is 11.8 Å². The Bertz CT molecular complexity index is 1550. The van der Waals surface area contributed by atoms with Crippen molar-refractivity contribution in [2.24, 2.45) is 0 Å². The molecule has 2 N–H and O–H groups in total. The van der Waals surface area contributed by atoms with Gasteiger partial charge in [0.2, 0.25) is 5.91 Å². The molecule has 4 aromatic carbocycles. The molecule has 220 valence electrons. The van der Waals surface area contributed by atoms with Crippen molar-refractivity contribution < 1.29 is 18.8 Å². The zero-order chi connectivity index (χ0) is 30.2. The molecule has 7 nitrogen and oxygen atoms in total. The van der Waals surface area contributed by atoms with Crippen LogP contribution in [0.25, 0.3) is 0 Å². The number of benzene rings is 4. The van der Waals surface area contributed by atoms with Gasteiger partial charge in [-0.1, -0.05) is 67.6 Å². The summed E-state index contributed by atoms with van der Waals surface area (Å²) in [6, 6.07) is 30.0. The summed E-state index contributed by atoms with van der Waals surface area (Å²) in [7, 11) is 0. The molecule has 1 fully saturated rings. The molecule has 1 saturated heterocycles. The molecule has 8 heteroatoms. The zero-order valence-electron chi connectivity index (χ0n) is 24.1. The molecule has 5 rings (SSSR count). The van der Waals surface area contributed by atoms with Gasteiger partial charge in [0.05, 0.1) is 11.5 Å². The van der Waals surface area contributed by atoms with E-state index in [0.29, 0.717) is 43.0 Å². The number of anilines is 2. The Kier molecular flexibility index (Phi) is 9.46. The topological polar surface area (TPSA) is 81.8 Å².